The molecule has 18 heavy (non-hydrogen) atoms. The first kappa shape index (κ1) is 12.8. The molecule has 3 heteroatoms. The molecule has 0 unspecified atom stereocenters. The number of carbonyl (C=O) groups excluding carboxylic acids is 1. The molecule has 0 N–H and O–H groups in total. The van der Waals surface area contributed by atoms with E-state index in [1.54, 1.807) is 12.1 Å². The summed E-state index contributed by atoms with van der Waals surface area (Å²) < 4.78 is 13.8. The van der Waals surface area contributed by atoms with Gasteiger partial charge in [0.25, 0.3) is 0 Å². The van der Waals surface area contributed by atoms with E-state index in [4.69, 9.17) is 11.6 Å². The summed E-state index contributed by atoms with van der Waals surface area (Å²) >= 11 is 5.69. The topological polar surface area (TPSA) is 17.1 Å². The van der Waals surface area contributed by atoms with Gasteiger partial charge in [-0.2, -0.15) is 0 Å². The van der Waals surface area contributed by atoms with Crippen molar-refractivity contribution >= 4 is 17.4 Å². The van der Waals surface area contributed by atoms with Crippen molar-refractivity contribution in [2.45, 2.75) is 13.8 Å². The molecule has 0 atom stereocenters. The van der Waals surface area contributed by atoms with Crippen molar-refractivity contribution in [3.63, 3.8) is 0 Å². The van der Waals surface area contributed by atoms with Crippen molar-refractivity contribution in [2.24, 2.45) is 0 Å². The molecule has 1 nitrogen and oxygen atoms in total. The molecule has 0 heterocycles. The van der Waals surface area contributed by atoms with E-state index in [1.165, 1.54) is 12.1 Å². The minimum Gasteiger partial charge on any atom is -0.288 e. The van der Waals surface area contributed by atoms with Gasteiger partial charge in [0, 0.05) is 5.56 Å². The van der Waals surface area contributed by atoms with Crippen LogP contribution in [0.2, 0.25) is 5.02 Å². The normalized spacial score (nSPS) is 10.4. The Morgan fingerprint density at radius 1 is 1.11 bits per heavy atom. The lowest BCUT2D eigenvalue weighted by atomic mass is 9.97. The molecule has 92 valence electrons. The lowest BCUT2D eigenvalue weighted by Gasteiger charge is -2.07. The number of halogens is 2. The highest BCUT2D eigenvalue weighted by Crippen LogP contribution is 2.22. The molecule has 0 spiro atoms. The second-order valence-corrected chi connectivity index (χ2v) is 4.66. The molecule has 0 fully saturated rings. The first-order chi connectivity index (χ1) is 8.50. The van der Waals surface area contributed by atoms with Crippen molar-refractivity contribution in [2.75, 3.05) is 0 Å². The summed E-state index contributed by atoms with van der Waals surface area (Å²) in [6.45, 7) is 3.72. The predicted molar refractivity (Wildman–Crippen MR) is 70.8 cm³/mol. The number of aryl methyl sites for hydroxylation is 2. The molecule has 0 bridgehead atoms. The number of benzene rings is 2. The van der Waals surface area contributed by atoms with Crippen LogP contribution in [0.25, 0.3) is 0 Å². The fraction of sp³-hybridized carbons (Fsp3) is 0.133. The van der Waals surface area contributed by atoms with Gasteiger partial charge in [-0.05, 0) is 37.6 Å². The largest absolute Gasteiger partial charge is 0.288 e. The summed E-state index contributed by atoms with van der Waals surface area (Å²) in [7, 11) is 0. The SMILES string of the molecule is Cc1ccc(C)c(C(=O)c2cccc(Cl)c2F)c1. The van der Waals surface area contributed by atoms with E-state index < -0.39 is 5.82 Å². The molecule has 0 aliphatic rings. The Morgan fingerprint density at radius 2 is 1.83 bits per heavy atom. The number of hydrogen-bond acceptors (Lipinski definition) is 1. The first-order valence-electron chi connectivity index (χ1n) is 5.56. The molecule has 0 radical (unpaired) electrons. The summed E-state index contributed by atoms with van der Waals surface area (Å²) in [6, 6.07) is 9.98. The maximum Gasteiger partial charge on any atom is 0.196 e. The Labute approximate surface area is 110 Å². The van der Waals surface area contributed by atoms with Crippen LogP contribution < -0.4 is 0 Å². The van der Waals surface area contributed by atoms with Gasteiger partial charge in [-0.15, -0.1) is 0 Å². The van der Waals surface area contributed by atoms with E-state index in [-0.39, 0.29) is 16.4 Å². The Balaban J connectivity index is 2.55. The Bertz CT molecular complexity index is 616. The number of carbonyl (C=O) groups is 1. The minimum atomic E-state index is -0.662. The van der Waals surface area contributed by atoms with Gasteiger partial charge in [-0.3, -0.25) is 4.79 Å². The maximum atomic E-state index is 13.8. The molecule has 0 aliphatic carbocycles. The average Bonchev–Trinajstić information content (AvgIpc) is 2.35. The third kappa shape index (κ3) is 2.29. The third-order valence-electron chi connectivity index (χ3n) is 2.83. The summed E-state index contributed by atoms with van der Waals surface area (Å²) in [5, 5.41) is -0.0360. The third-order valence-corrected chi connectivity index (χ3v) is 3.13. The molecule has 0 aromatic heterocycles. The van der Waals surface area contributed by atoms with Crippen LogP contribution >= 0.6 is 11.6 Å². The molecular formula is C15H12ClFO. The second-order valence-electron chi connectivity index (χ2n) is 4.25. The second kappa shape index (κ2) is 4.91. The van der Waals surface area contributed by atoms with Gasteiger partial charge < -0.3 is 0 Å². The molecule has 2 aromatic carbocycles. The van der Waals surface area contributed by atoms with Crippen LogP contribution in [0.1, 0.15) is 27.0 Å². The fourth-order valence-electron chi connectivity index (χ4n) is 1.80. The van der Waals surface area contributed by atoms with Crippen LogP contribution in [0.5, 0.6) is 0 Å². The highest BCUT2D eigenvalue weighted by Gasteiger charge is 2.17. The van der Waals surface area contributed by atoms with Crippen LogP contribution in [0.3, 0.4) is 0 Å². The zero-order valence-corrected chi connectivity index (χ0v) is 10.9. The van der Waals surface area contributed by atoms with E-state index in [2.05, 4.69) is 0 Å². The molecule has 2 rings (SSSR count). The van der Waals surface area contributed by atoms with Gasteiger partial charge in [0.15, 0.2) is 11.6 Å². The van der Waals surface area contributed by atoms with Crippen LogP contribution in [0.4, 0.5) is 4.39 Å². The van der Waals surface area contributed by atoms with Crippen molar-refractivity contribution in [3.05, 3.63) is 69.5 Å². The first-order valence-corrected chi connectivity index (χ1v) is 5.94. The summed E-state index contributed by atoms with van der Waals surface area (Å²) in [5.74, 6) is -0.999. The molecule has 0 saturated carbocycles. The summed E-state index contributed by atoms with van der Waals surface area (Å²) in [5.41, 5.74) is 2.31. The van der Waals surface area contributed by atoms with E-state index in [0.29, 0.717) is 5.56 Å². The van der Waals surface area contributed by atoms with Crippen LogP contribution in [-0.2, 0) is 0 Å². The Hall–Kier alpha value is -1.67. The van der Waals surface area contributed by atoms with Gasteiger partial charge in [-0.25, -0.2) is 4.39 Å². The predicted octanol–water partition coefficient (Wildman–Crippen LogP) is 4.33. The standard InChI is InChI=1S/C15H12ClFO/c1-9-6-7-10(2)12(8-9)15(18)11-4-3-5-13(16)14(11)17/h3-8H,1-2H3. The number of rotatable bonds is 2. The van der Waals surface area contributed by atoms with E-state index in [1.807, 2.05) is 26.0 Å². The zero-order chi connectivity index (χ0) is 13.3. The maximum absolute atomic E-state index is 13.8. The van der Waals surface area contributed by atoms with Gasteiger partial charge in [0.05, 0.1) is 10.6 Å². The highest BCUT2D eigenvalue weighted by molar-refractivity contribution is 6.31. The van der Waals surface area contributed by atoms with Gasteiger partial charge in [-0.1, -0.05) is 35.4 Å². The lowest BCUT2D eigenvalue weighted by molar-refractivity contribution is 0.103. The van der Waals surface area contributed by atoms with Crippen molar-refractivity contribution in [1.82, 2.24) is 0 Å². The zero-order valence-electron chi connectivity index (χ0n) is 10.1. The van der Waals surface area contributed by atoms with Gasteiger partial charge in [0.2, 0.25) is 0 Å². The van der Waals surface area contributed by atoms with Crippen LogP contribution in [0, 0.1) is 19.7 Å². The monoisotopic (exact) mass is 262 g/mol. The minimum absolute atomic E-state index is 0.0104. The van der Waals surface area contributed by atoms with E-state index in [9.17, 15) is 9.18 Å². The number of hydrogen-bond donors (Lipinski definition) is 0. The van der Waals surface area contributed by atoms with Gasteiger partial charge >= 0.3 is 0 Å². The lowest BCUT2D eigenvalue weighted by Crippen LogP contribution is -2.07. The number of ketones is 1. The Morgan fingerprint density at radius 3 is 2.56 bits per heavy atom. The average molecular weight is 263 g/mol. The molecule has 0 aliphatic heterocycles. The van der Waals surface area contributed by atoms with E-state index >= 15 is 0 Å². The fourth-order valence-corrected chi connectivity index (χ4v) is 1.98. The van der Waals surface area contributed by atoms with Crippen LogP contribution in [-0.4, -0.2) is 5.78 Å². The summed E-state index contributed by atoms with van der Waals surface area (Å²) in [6.07, 6.45) is 0. The summed E-state index contributed by atoms with van der Waals surface area (Å²) in [4.78, 5) is 12.3. The quantitative estimate of drug-likeness (QED) is 0.737. The smallest absolute Gasteiger partial charge is 0.196 e. The Kier molecular flexibility index (Phi) is 3.48. The molecular weight excluding hydrogens is 251 g/mol. The van der Waals surface area contributed by atoms with Crippen LogP contribution in [0.15, 0.2) is 36.4 Å². The van der Waals surface area contributed by atoms with E-state index in [0.717, 1.165) is 11.1 Å². The van der Waals surface area contributed by atoms with Crippen molar-refractivity contribution < 1.29 is 9.18 Å². The van der Waals surface area contributed by atoms with Gasteiger partial charge in [0.1, 0.15) is 0 Å². The van der Waals surface area contributed by atoms with Crippen molar-refractivity contribution in [1.29, 1.82) is 0 Å². The molecule has 0 saturated heterocycles. The molecule has 2 aromatic rings. The highest BCUT2D eigenvalue weighted by atomic mass is 35.5. The molecule has 0 amide bonds. The van der Waals surface area contributed by atoms with Crippen molar-refractivity contribution in [3.8, 4) is 0 Å².